The molecule has 0 spiro atoms. The smallest absolute Gasteiger partial charge is 0.313 e. The molecule has 2 aromatic rings. The second kappa shape index (κ2) is 8.47. The molecular weight excluding hydrogens is 374 g/mol. The van der Waals surface area contributed by atoms with Gasteiger partial charge in [0.15, 0.2) is 6.61 Å². The van der Waals surface area contributed by atoms with Crippen molar-refractivity contribution in [2.75, 3.05) is 24.8 Å². The van der Waals surface area contributed by atoms with Gasteiger partial charge in [0.05, 0.1) is 11.6 Å². The van der Waals surface area contributed by atoms with E-state index in [1.807, 2.05) is 24.5 Å². The first kappa shape index (κ1) is 18.6. The largest absolute Gasteiger partial charge is 0.492 e. The number of benzene rings is 2. The standard InChI is InChI=1S/C19H18ClNO4S/c1-26-17-5-3-2-4-15(17)21-18(22)11-25-19(23)13-8-12-9-14(20)6-7-16(12)24-10-13/h2-7,9,13H,8,10-11H2,1H3,(H,21,22)/t13-/m0/s1. The Hall–Kier alpha value is -2.18. The molecule has 5 nitrogen and oxygen atoms in total. The van der Waals surface area contributed by atoms with Gasteiger partial charge < -0.3 is 14.8 Å². The third kappa shape index (κ3) is 4.51. The molecule has 1 aliphatic rings. The van der Waals surface area contributed by atoms with Crippen LogP contribution in [0.4, 0.5) is 5.69 Å². The summed E-state index contributed by atoms with van der Waals surface area (Å²) in [5.41, 5.74) is 1.56. The Morgan fingerprint density at radius 2 is 2.12 bits per heavy atom. The van der Waals surface area contributed by atoms with E-state index >= 15 is 0 Å². The van der Waals surface area contributed by atoms with E-state index < -0.39 is 11.9 Å². The molecule has 0 saturated heterocycles. The number of anilines is 1. The minimum absolute atomic E-state index is 0.227. The monoisotopic (exact) mass is 391 g/mol. The molecule has 0 unspecified atom stereocenters. The number of halogens is 1. The van der Waals surface area contributed by atoms with Crippen molar-refractivity contribution in [3.63, 3.8) is 0 Å². The van der Waals surface area contributed by atoms with Crippen molar-refractivity contribution >= 4 is 40.9 Å². The Kier molecular flexibility index (Phi) is 6.06. The molecule has 0 aliphatic carbocycles. The van der Waals surface area contributed by atoms with E-state index in [-0.39, 0.29) is 19.1 Å². The van der Waals surface area contributed by atoms with Crippen LogP contribution in [0, 0.1) is 5.92 Å². The molecule has 0 saturated carbocycles. The van der Waals surface area contributed by atoms with Crippen LogP contribution in [0.1, 0.15) is 5.56 Å². The highest BCUT2D eigenvalue weighted by Crippen LogP contribution is 2.30. The van der Waals surface area contributed by atoms with Gasteiger partial charge in [0.1, 0.15) is 12.4 Å². The molecule has 0 fully saturated rings. The number of nitrogens with one attached hydrogen (secondary N) is 1. The van der Waals surface area contributed by atoms with Gasteiger partial charge in [-0.25, -0.2) is 0 Å². The molecule has 1 aliphatic heterocycles. The lowest BCUT2D eigenvalue weighted by atomic mass is 9.97. The van der Waals surface area contributed by atoms with E-state index in [4.69, 9.17) is 21.1 Å². The summed E-state index contributed by atoms with van der Waals surface area (Å²) in [6.45, 7) is -0.106. The fourth-order valence-corrected chi connectivity index (χ4v) is 3.45. The van der Waals surface area contributed by atoms with Gasteiger partial charge in [-0.05, 0) is 48.6 Å². The third-order valence-electron chi connectivity index (χ3n) is 3.99. The van der Waals surface area contributed by atoms with Crippen molar-refractivity contribution in [2.24, 2.45) is 5.92 Å². The minimum atomic E-state index is -0.455. The number of amides is 1. The fourth-order valence-electron chi connectivity index (χ4n) is 2.70. The Bertz CT molecular complexity index is 827. The van der Waals surface area contributed by atoms with Gasteiger partial charge in [-0.3, -0.25) is 9.59 Å². The number of para-hydroxylation sites is 1. The van der Waals surface area contributed by atoms with Crippen LogP contribution < -0.4 is 10.1 Å². The van der Waals surface area contributed by atoms with Gasteiger partial charge >= 0.3 is 5.97 Å². The molecule has 3 rings (SSSR count). The van der Waals surface area contributed by atoms with E-state index in [9.17, 15) is 9.59 Å². The lowest BCUT2D eigenvalue weighted by Gasteiger charge is -2.24. The van der Waals surface area contributed by atoms with Gasteiger partial charge in [0, 0.05) is 9.92 Å². The van der Waals surface area contributed by atoms with Crippen LogP contribution in [0.15, 0.2) is 47.4 Å². The quantitative estimate of drug-likeness (QED) is 0.620. The van der Waals surface area contributed by atoms with Gasteiger partial charge in [-0.1, -0.05) is 23.7 Å². The lowest BCUT2D eigenvalue weighted by molar-refractivity contribution is -0.152. The second-order valence-electron chi connectivity index (χ2n) is 5.82. The Morgan fingerprint density at radius 1 is 1.31 bits per heavy atom. The zero-order valence-corrected chi connectivity index (χ0v) is 15.7. The summed E-state index contributed by atoms with van der Waals surface area (Å²) in [5, 5.41) is 3.35. The van der Waals surface area contributed by atoms with E-state index in [1.165, 1.54) is 11.8 Å². The zero-order chi connectivity index (χ0) is 18.5. The number of esters is 1. The highest BCUT2D eigenvalue weighted by Gasteiger charge is 2.28. The fraction of sp³-hybridized carbons (Fsp3) is 0.263. The molecule has 0 bridgehead atoms. The molecule has 2 aromatic carbocycles. The summed E-state index contributed by atoms with van der Waals surface area (Å²) in [4.78, 5) is 25.3. The Balaban J connectivity index is 1.53. The summed E-state index contributed by atoms with van der Waals surface area (Å²) in [6, 6.07) is 12.8. The normalized spacial score (nSPS) is 15.5. The first-order valence-electron chi connectivity index (χ1n) is 8.07. The maximum absolute atomic E-state index is 12.3. The Labute approximate surface area is 161 Å². The van der Waals surface area contributed by atoms with Crippen molar-refractivity contribution in [3.05, 3.63) is 53.1 Å². The van der Waals surface area contributed by atoms with E-state index in [2.05, 4.69) is 5.32 Å². The van der Waals surface area contributed by atoms with Gasteiger partial charge in [-0.2, -0.15) is 0 Å². The number of hydrogen-bond acceptors (Lipinski definition) is 5. The van der Waals surface area contributed by atoms with Crippen LogP contribution in [0.2, 0.25) is 5.02 Å². The predicted molar refractivity (Wildman–Crippen MR) is 102 cm³/mol. The average Bonchev–Trinajstić information content (AvgIpc) is 2.66. The van der Waals surface area contributed by atoms with Gasteiger partial charge in [0.2, 0.25) is 0 Å². The summed E-state index contributed by atoms with van der Waals surface area (Å²) < 4.78 is 10.7. The lowest BCUT2D eigenvalue weighted by Crippen LogP contribution is -2.32. The average molecular weight is 392 g/mol. The summed E-state index contributed by atoms with van der Waals surface area (Å²) in [7, 11) is 0. The highest BCUT2D eigenvalue weighted by atomic mass is 35.5. The first-order chi connectivity index (χ1) is 12.6. The summed E-state index contributed by atoms with van der Waals surface area (Å²) >= 11 is 7.51. The second-order valence-corrected chi connectivity index (χ2v) is 7.10. The molecule has 136 valence electrons. The van der Waals surface area contributed by atoms with Crippen LogP contribution in [0.3, 0.4) is 0 Å². The number of rotatable bonds is 5. The van der Waals surface area contributed by atoms with Crippen LogP contribution in [0.25, 0.3) is 0 Å². The maximum Gasteiger partial charge on any atom is 0.313 e. The highest BCUT2D eigenvalue weighted by molar-refractivity contribution is 7.98. The molecule has 0 radical (unpaired) electrons. The van der Waals surface area contributed by atoms with Crippen LogP contribution in [-0.2, 0) is 20.7 Å². The number of carbonyl (C=O) groups excluding carboxylic acids is 2. The number of thioether (sulfide) groups is 1. The summed E-state index contributed by atoms with van der Waals surface area (Å²) in [6.07, 6.45) is 2.41. The van der Waals surface area contributed by atoms with Gasteiger partial charge in [0.25, 0.3) is 5.91 Å². The molecule has 7 heteroatoms. The van der Waals surface area contributed by atoms with Crippen LogP contribution >= 0.6 is 23.4 Å². The number of fused-ring (bicyclic) bond motifs is 1. The van der Waals surface area contributed by atoms with Gasteiger partial charge in [-0.15, -0.1) is 11.8 Å². The number of hydrogen-bond donors (Lipinski definition) is 1. The molecule has 1 N–H and O–H groups in total. The van der Waals surface area contributed by atoms with Crippen molar-refractivity contribution in [1.29, 1.82) is 0 Å². The first-order valence-corrected chi connectivity index (χ1v) is 9.68. The topological polar surface area (TPSA) is 64.6 Å². The van der Waals surface area contributed by atoms with Crippen molar-refractivity contribution in [2.45, 2.75) is 11.3 Å². The molecule has 26 heavy (non-hydrogen) atoms. The summed E-state index contributed by atoms with van der Waals surface area (Å²) in [5.74, 6) is -0.555. The predicted octanol–water partition coefficient (Wildman–Crippen LogP) is 3.79. The number of carbonyl (C=O) groups is 2. The molecular formula is C19H18ClNO4S. The maximum atomic E-state index is 12.3. The zero-order valence-electron chi connectivity index (χ0n) is 14.2. The van der Waals surface area contributed by atoms with E-state index in [1.54, 1.807) is 24.3 Å². The van der Waals surface area contributed by atoms with E-state index in [0.29, 0.717) is 17.1 Å². The van der Waals surface area contributed by atoms with Crippen molar-refractivity contribution < 1.29 is 19.1 Å². The molecule has 1 amide bonds. The molecule has 0 aromatic heterocycles. The Morgan fingerprint density at radius 3 is 2.92 bits per heavy atom. The SMILES string of the molecule is CSc1ccccc1NC(=O)COC(=O)[C@@H]1COc2ccc(Cl)cc2C1. The van der Waals surface area contributed by atoms with Crippen LogP contribution in [0.5, 0.6) is 5.75 Å². The number of ether oxygens (including phenoxy) is 2. The molecule has 1 heterocycles. The van der Waals surface area contributed by atoms with Crippen molar-refractivity contribution in [1.82, 2.24) is 0 Å². The minimum Gasteiger partial charge on any atom is -0.492 e. The molecule has 1 atom stereocenters. The van der Waals surface area contributed by atoms with E-state index in [0.717, 1.165) is 16.2 Å². The van der Waals surface area contributed by atoms with Crippen LogP contribution in [-0.4, -0.2) is 31.3 Å². The van der Waals surface area contributed by atoms with Crippen molar-refractivity contribution in [3.8, 4) is 5.75 Å². The third-order valence-corrected chi connectivity index (χ3v) is 5.02.